The van der Waals surface area contributed by atoms with Crippen molar-refractivity contribution in [2.24, 2.45) is 23.7 Å². The molecule has 4 atom stereocenters. The second kappa shape index (κ2) is 4.91. The molecule has 2 aliphatic carbocycles. The molecule has 2 rings (SSSR count). The Morgan fingerprint density at radius 2 is 1.94 bits per heavy atom. The van der Waals surface area contributed by atoms with Crippen LogP contribution in [-0.2, 0) is 4.79 Å². The molecule has 2 nitrogen and oxygen atoms in total. The van der Waals surface area contributed by atoms with Crippen LogP contribution in [-0.4, -0.2) is 11.1 Å². The van der Waals surface area contributed by atoms with Crippen LogP contribution in [0.2, 0.25) is 0 Å². The van der Waals surface area contributed by atoms with Gasteiger partial charge in [-0.05, 0) is 56.8 Å². The Bertz CT molecular complexity index is 417. The third kappa shape index (κ3) is 2.25. The predicted molar refractivity (Wildman–Crippen MR) is 73.3 cm³/mol. The van der Waals surface area contributed by atoms with Crippen molar-refractivity contribution in [3.8, 4) is 0 Å². The molecule has 0 amide bonds. The van der Waals surface area contributed by atoms with E-state index in [1.54, 1.807) is 12.5 Å². The van der Waals surface area contributed by atoms with Crippen LogP contribution in [0.5, 0.6) is 0 Å². The van der Waals surface area contributed by atoms with Gasteiger partial charge in [-0.2, -0.15) is 0 Å². The second-order valence-electron chi connectivity index (χ2n) is 6.26. The summed E-state index contributed by atoms with van der Waals surface area (Å²) in [6, 6.07) is 0. The number of carboxylic acid groups (broad SMARTS) is 1. The quantitative estimate of drug-likeness (QED) is 0.591. The molecule has 0 aromatic rings. The number of carbonyl (C=O) groups is 1. The molecule has 1 N–H and O–H groups in total. The predicted octanol–water partition coefficient (Wildman–Crippen LogP) is 4.04. The van der Waals surface area contributed by atoms with Crippen molar-refractivity contribution >= 4 is 5.97 Å². The smallest absolute Gasteiger partial charge is 0.330 e. The lowest BCUT2D eigenvalue weighted by molar-refractivity contribution is -0.132. The normalized spacial score (nSPS) is 36.8. The van der Waals surface area contributed by atoms with Gasteiger partial charge in [0.25, 0.3) is 0 Å². The van der Waals surface area contributed by atoms with Crippen molar-refractivity contribution in [3.63, 3.8) is 0 Å². The van der Waals surface area contributed by atoms with Gasteiger partial charge in [0.1, 0.15) is 0 Å². The summed E-state index contributed by atoms with van der Waals surface area (Å²) in [5.74, 6) is 1.75. The summed E-state index contributed by atoms with van der Waals surface area (Å²) >= 11 is 0. The maximum atomic E-state index is 11.0. The van der Waals surface area contributed by atoms with E-state index in [0.717, 1.165) is 18.3 Å². The fraction of sp³-hybridized carbons (Fsp3) is 0.688. The van der Waals surface area contributed by atoms with Crippen LogP contribution in [0.3, 0.4) is 0 Å². The minimum Gasteiger partial charge on any atom is -0.478 e. The molecule has 0 aromatic carbocycles. The van der Waals surface area contributed by atoms with Crippen LogP contribution in [0.15, 0.2) is 22.8 Å². The Balaban J connectivity index is 2.31. The van der Waals surface area contributed by atoms with Gasteiger partial charge in [0.15, 0.2) is 0 Å². The first-order chi connectivity index (χ1) is 8.41. The molecule has 2 unspecified atom stereocenters. The molecule has 2 aliphatic rings. The molecule has 0 bridgehead atoms. The maximum Gasteiger partial charge on any atom is 0.330 e. The summed E-state index contributed by atoms with van der Waals surface area (Å²) in [6.45, 7) is 8.64. The zero-order valence-electron chi connectivity index (χ0n) is 11.9. The Hall–Kier alpha value is -1.05. The fourth-order valence-corrected chi connectivity index (χ4v) is 4.07. The summed E-state index contributed by atoms with van der Waals surface area (Å²) in [5, 5.41) is 9.04. The van der Waals surface area contributed by atoms with Crippen molar-refractivity contribution in [1.29, 1.82) is 0 Å². The van der Waals surface area contributed by atoms with E-state index in [2.05, 4.69) is 20.8 Å². The Kier molecular flexibility index (Phi) is 3.65. The van der Waals surface area contributed by atoms with Gasteiger partial charge in [0.05, 0.1) is 0 Å². The van der Waals surface area contributed by atoms with Gasteiger partial charge in [0.2, 0.25) is 0 Å². The average Bonchev–Trinajstić information content (AvgIpc) is 2.59. The third-order valence-corrected chi connectivity index (χ3v) is 4.83. The average molecular weight is 248 g/mol. The topological polar surface area (TPSA) is 37.3 Å². The van der Waals surface area contributed by atoms with Crippen LogP contribution in [0.25, 0.3) is 0 Å². The number of aliphatic carboxylic acids is 1. The minimum atomic E-state index is -0.783. The number of carboxylic acids is 1. The van der Waals surface area contributed by atoms with Gasteiger partial charge in [-0.3, -0.25) is 0 Å². The standard InChI is InChI=1S/C16H24O2/c1-9-5-6-13(8-12(4)16(17)18)15-11(3)7-10(2)14(9)15/h8-10,13-14H,5-7H2,1-4H3,(H,17,18)/b12-8+/t9?,10-,13-,14?/m0/s1. The third-order valence-electron chi connectivity index (χ3n) is 4.83. The van der Waals surface area contributed by atoms with Crippen molar-refractivity contribution in [3.05, 3.63) is 22.8 Å². The fourth-order valence-electron chi connectivity index (χ4n) is 4.07. The molecule has 0 heterocycles. The highest BCUT2D eigenvalue weighted by atomic mass is 16.4. The van der Waals surface area contributed by atoms with E-state index in [0.29, 0.717) is 17.4 Å². The van der Waals surface area contributed by atoms with E-state index in [-0.39, 0.29) is 0 Å². The van der Waals surface area contributed by atoms with Crippen LogP contribution >= 0.6 is 0 Å². The SMILES string of the molecule is CC1=C2C(C(C)CC[C@H]2/C=C(\C)C(=O)O)[C@@H](C)C1. The van der Waals surface area contributed by atoms with Gasteiger partial charge < -0.3 is 5.11 Å². The summed E-state index contributed by atoms with van der Waals surface area (Å²) in [5.41, 5.74) is 3.56. The summed E-state index contributed by atoms with van der Waals surface area (Å²) in [4.78, 5) is 11.0. The first-order valence-electron chi connectivity index (χ1n) is 7.03. The van der Waals surface area contributed by atoms with E-state index in [4.69, 9.17) is 5.11 Å². The lowest BCUT2D eigenvalue weighted by atomic mass is 9.69. The monoisotopic (exact) mass is 248 g/mol. The molecule has 0 aromatic heterocycles. The van der Waals surface area contributed by atoms with Crippen molar-refractivity contribution in [2.75, 3.05) is 0 Å². The Morgan fingerprint density at radius 3 is 2.56 bits per heavy atom. The molecule has 1 fully saturated rings. The molecular weight excluding hydrogens is 224 g/mol. The van der Waals surface area contributed by atoms with E-state index in [1.807, 2.05) is 6.08 Å². The lowest BCUT2D eigenvalue weighted by Gasteiger charge is -2.36. The molecule has 0 radical (unpaired) electrons. The molecule has 0 spiro atoms. The zero-order chi connectivity index (χ0) is 13.4. The molecule has 0 saturated heterocycles. The van der Waals surface area contributed by atoms with Gasteiger partial charge in [0, 0.05) is 5.57 Å². The van der Waals surface area contributed by atoms with E-state index in [9.17, 15) is 4.79 Å². The summed E-state index contributed by atoms with van der Waals surface area (Å²) in [6.07, 6.45) is 5.51. The number of fused-ring (bicyclic) bond motifs is 1. The molecule has 2 heteroatoms. The summed E-state index contributed by atoms with van der Waals surface area (Å²) < 4.78 is 0. The van der Waals surface area contributed by atoms with Crippen LogP contribution in [0, 0.1) is 23.7 Å². The minimum absolute atomic E-state index is 0.368. The van der Waals surface area contributed by atoms with Crippen LogP contribution in [0.4, 0.5) is 0 Å². The van der Waals surface area contributed by atoms with Gasteiger partial charge >= 0.3 is 5.97 Å². The highest BCUT2D eigenvalue weighted by molar-refractivity contribution is 5.85. The number of rotatable bonds is 2. The zero-order valence-corrected chi connectivity index (χ0v) is 11.9. The number of allylic oxidation sites excluding steroid dienone is 3. The lowest BCUT2D eigenvalue weighted by Crippen LogP contribution is -2.27. The van der Waals surface area contributed by atoms with Crippen LogP contribution < -0.4 is 0 Å². The number of hydrogen-bond acceptors (Lipinski definition) is 1. The summed E-state index contributed by atoms with van der Waals surface area (Å²) in [7, 11) is 0. The van der Waals surface area contributed by atoms with E-state index in [1.165, 1.54) is 18.4 Å². The van der Waals surface area contributed by atoms with E-state index >= 15 is 0 Å². The molecule has 18 heavy (non-hydrogen) atoms. The highest BCUT2D eigenvalue weighted by Crippen LogP contribution is 2.50. The first kappa shape index (κ1) is 13.4. The van der Waals surface area contributed by atoms with Crippen molar-refractivity contribution < 1.29 is 9.90 Å². The molecular formula is C16H24O2. The van der Waals surface area contributed by atoms with Crippen molar-refractivity contribution in [1.82, 2.24) is 0 Å². The Labute approximate surface area is 110 Å². The Morgan fingerprint density at radius 1 is 1.28 bits per heavy atom. The van der Waals surface area contributed by atoms with Gasteiger partial charge in [-0.25, -0.2) is 4.79 Å². The van der Waals surface area contributed by atoms with Gasteiger partial charge in [-0.15, -0.1) is 0 Å². The van der Waals surface area contributed by atoms with Gasteiger partial charge in [-0.1, -0.05) is 31.1 Å². The van der Waals surface area contributed by atoms with E-state index < -0.39 is 5.97 Å². The maximum absolute atomic E-state index is 11.0. The largest absolute Gasteiger partial charge is 0.478 e. The van der Waals surface area contributed by atoms with Crippen LogP contribution in [0.1, 0.15) is 47.0 Å². The molecule has 100 valence electrons. The molecule has 0 aliphatic heterocycles. The second-order valence-corrected chi connectivity index (χ2v) is 6.26. The highest BCUT2D eigenvalue weighted by Gasteiger charge is 2.40. The number of hydrogen-bond donors (Lipinski definition) is 1. The first-order valence-corrected chi connectivity index (χ1v) is 7.03. The molecule has 1 saturated carbocycles. The van der Waals surface area contributed by atoms with Crippen molar-refractivity contribution in [2.45, 2.75) is 47.0 Å².